The molecule has 5 heteroatoms. The van der Waals surface area contributed by atoms with Gasteiger partial charge in [-0.3, -0.25) is 0 Å². The molecule has 0 bridgehead atoms. The highest BCUT2D eigenvalue weighted by molar-refractivity contribution is 7.25. The van der Waals surface area contributed by atoms with Crippen molar-refractivity contribution in [1.29, 1.82) is 0 Å². The van der Waals surface area contributed by atoms with Crippen LogP contribution in [-0.2, 0) is 0 Å². The van der Waals surface area contributed by atoms with Crippen LogP contribution in [0.3, 0.4) is 0 Å². The van der Waals surface area contributed by atoms with E-state index < -0.39 is 0 Å². The normalized spacial score (nSPS) is 11.6. The van der Waals surface area contributed by atoms with Crippen LogP contribution in [0, 0.1) is 0 Å². The van der Waals surface area contributed by atoms with Gasteiger partial charge >= 0.3 is 0 Å². The summed E-state index contributed by atoms with van der Waals surface area (Å²) in [6, 6.07) is 65.7. The van der Waals surface area contributed by atoms with Crippen LogP contribution in [0.2, 0.25) is 0 Å². The van der Waals surface area contributed by atoms with Gasteiger partial charge in [-0.25, -0.2) is 15.0 Å². The average molecular weight is 734 g/mol. The molecule has 3 heterocycles. The molecule has 0 spiro atoms. The second-order valence-electron chi connectivity index (χ2n) is 14.0. The Balaban J connectivity index is 1.03. The summed E-state index contributed by atoms with van der Waals surface area (Å²) in [5.41, 5.74) is 11.5. The molecule has 262 valence electrons. The van der Waals surface area contributed by atoms with Gasteiger partial charge in [-0.2, -0.15) is 0 Å². The zero-order valence-corrected chi connectivity index (χ0v) is 30.9. The maximum atomic E-state index is 6.46. The molecular formula is C51H31N3OS. The minimum Gasteiger partial charge on any atom is -0.455 e. The van der Waals surface area contributed by atoms with Crippen molar-refractivity contribution in [3.8, 4) is 67.5 Å². The van der Waals surface area contributed by atoms with Gasteiger partial charge in [0.25, 0.3) is 0 Å². The fourth-order valence-electron chi connectivity index (χ4n) is 7.74. The number of benzene rings is 8. The number of aromatic nitrogens is 3. The Bertz CT molecular complexity index is 3240. The number of hydrogen-bond acceptors (Lipinski definition) is 5. The van der Waals surface area contributed by atoms with E-state index >= 15 is 0 Å². The summed E-state index contributed by atoms with van der Waals surface area (Å²) in [7, 11) is 0. The molecular weight excluding hydrogens is 703 g/mol. The Morgan fingerprint density at radius 2 is 0.839 bits per heavy atom. The van der Waals surface area contributed by atoms with Gasteiger partial charge in [-0.05, 0) is 64.2 Å². The molecule has 0 atom stereocenters. The third-order valence-electron chi connectivity index (χ3n) is 10.5. The van der Waals surface area contributed by atoms with Gasteiger partial charge in [0.1, 0.15) is 11.2 Å². The number of hydrogen-bond donors (Lipinski definition) is 0. The van der Waals surface area contributed by atoms with Crippen molar-refractivity contribution in [3.63, 3.8) is 0 Å². The van der Waals surface area contributed by atoms with Crippen LogP contribution >= 0.6 is 11.3 Å². The molecule has 0 saturated carbocycles. The van der Waals surface area contributed by atoms with Crippen LogP contribution in [0.25, 0.3) is 110 Å². The number of para-hydroxylation sites is 1. The van der Waals surface area contributed by atoms with Crippen LogP contribution in [-0.4, -0.2) is 15.0 Å². The molecule has 0 aliphatic heterocycles. The molecule has 0 unspecified atom stereocenters. The molecule has 0 aliphatic rings. The molecule has 56 heavy (non-hydrogen) atoms. The number of thiophene rings is 1. The van der Waals surface area contributed by atoms with Crippen molar-refractivity contribution in [3.05, 3.63) is 188 Å². The van der Waals surface area contributed by atoms with E-state index in [0.717, 1.165) is 66.4 Å². The number of furan rings is 1. The van der Waals surface area contributed by atoms with E-state index in [1.807, 2.05) is 48.5 Å². The molecule has 0 radical (unpaired) electrons. The van der Waals surface area contributed by atoms with Crippen LogP contribution < -0.4 is 0 Å². The third-order valence-corrected chi connectivity index (χ3v) is 11.6. The summed E-state index contributed by atoms with van der Waals surface area (Å²) in [5.74, 6) is 1.94. The molecule has 0 N–H and O–H groups in total. The highest BCUT2D eigenvalue weighted by Crippen LogP contribution is 2.42. The van der Waals surface area contributed by atoms with Crippen molar-refractivity contribution in [2.45, 2.75) is 0 Å². The van der Waals surface area contributed by atoms with Crippen molar-refractivity contribution in [2.75, 3.05) is 0 Å². The van der Waals surface area contributed by atoms with E-state index in [9.17, 15) is 0 Å². The van der Waals surface area contributed by atoms with Crippen molar-refractivity contribution < 1.29 is 4.42 Å². The summed E-state index contributed by atoms with van der Waals surface area (Å²) >= 11 is 1.80. The predicted molar refractivity (Wildman–Crippen MR) is 233 cm³/mol. The second kappa shape index (κ2) is 13.3. The predicted octanol–water partition coefficient (Wildman–Crippen LogP) is 14.1. The Labute approximate surface area is 327 Å². The van der Waals surface area contributed by atoms with Crippen molar-refractivity contribution in [1.82, 2.24) is 15.0 Å². The molecule has 11 aromatic rings. The van der Waals surface area contributed by atoms with Gasteiger partial charge in [-0.15, -0.1) is 11.3 Å². The third kappa shape index (κ3) is 5.65. The summed E-state index contributed by atoms with van der Waals surface area (Å²) in [5, 5.41) is 4.70. The van der Waals surface area contributed by atoms with Gasteiger partial charge in [0.2, 0.25) is 0 Å². The van der Waals surface area contributed by atoms with Crippen LogP contribution in [0.5, 0.6) is 0 Å². The van der Waals surface area contributed by atoms with Crippen molar-refractivity contribution in [2.24, 2.45) is 0 Å². The fourth-order valence-corrected chi connectivity index (χ4v) is 8.93. The topological polar surface area (TPSA) is 51.8 Å². The van der Waals surface area contributed by atoms with Crippen LogP contribution in [0.15, 0.2) is 192 Å². The van der Waals surface area contributed by atoms with E-state index in [4.69, 9.17) is 19.4 Å². The van der Waals surface area contributed by atoms with E-state index in [2.05, 4.69) is 140 Å². The van der Waals surface area contributed by atoms with Gasteiger partial charge in [0.05, 0.1) is 0 Å². The van der Waals surface area contributed by atoms with Gasteiger partial charge < -0.3 is 4.42 Å². The quantitative estimate of drug-likeness (QED) is 0.171. The second-order valence-corrected chi connectivity index (χ2v) is 15.1. The molecule has 0 fully saturated rings. The zero-order chi connectivity index (χ0) is 37.0. The first-order valence-electron chi connectivity index (χ1n) is 18.7. The molecule has 8 aromatic carbocycles. The van der Waals surface area contributed by atoms with Gasteiger partial charge in [-0.1, -0.05) is 152 Å². The average Bonchev–Trinajstić information content (AvgIpc) is 3.84. The van der Waals surface area contributed by atoms with Crippen LogP contribution in [0.4, 0.5) is 0 Å². The maximum Gasteiger partial charge on any atom is 0.164 e. The van der Waals surface area contributed by atoms with E-state index in [1.165, 1.54) is 25.7 Å². The van der Waals surface area contributed by atoms with E-state index in [-0.39, 0.29) is 0 Å². The lowest BCUT2D eigenvalue weighted by Crippen LogP contribution is -2.00. The fraction of sp³-hybridized carbons (Fsp3) is 0. The first-order valence-corrected chi connectivity index (χ1v) is 19.5. The summed E-state index contributed by atoms with van der Waals surface area (Å²) < 4.78 is 8.88. The molecule has 0 saturated heterocycles. The smallest absolute Gasteiger partial charge is 0.164 e. The first kappa shape index (κ1) is 32.2. The van der Waals surface area contributed by atoms with E-state index in [0.29, 0.717) is 17.5 Å². The molecule has 0 aliphatic carbocycles. The number of nitrogens with zero attached hydrogens (tertiary/aromatic N) is 3. The maximum absolute atomic E-state index is 6.46. The number of rotatable bonds is 6. The van der Waals surface area contributed by atoms with Gasteiger partial charge in [0, 0.05) is 53.2 Å². The Morgan fingerprint density at radius 3 is 1.55 bits per heavy atom. The molecule has 11 rings (SSSR count). The zero-order valence-electron chi connectivity index (χ0n) is 30.1. The van der Waals surface area contributed by atoms with Gasteiger partial charge in [0.15, 0.2) is 17.5 Å². The SMILES string of the molecule is c1ccc(-c2cccc(-c3nc(-c4ccccc4)nc(-c4ccc5c(c4)sc4cc(-c6cc(-c7ccccc7)c7oc8ccccc8c7c6)ccc45)n3)c2)cc1. The Hall–Kier alpha value is -7.21. The minimum absolute atomic E-state index is 0.643. The van der Waals surface area contributed by atoms with Crippen molar-refractivity contribution >= 4 is 53.4 Å². The standard InChI is InChI=1S/C51H31N3OS/c1-4-13-32(14-5-1)35-19-12-20-37(27-35)50-52-49(34-17-8-3-9-18-34)53-51(54-50)38-24-26-42-41-25-23-36(30-46(41)56-47(42)31-38)39-28-43(33-15-6-2-7-16-33)48-44(29-39)40-21-10-11-22-45(40)55-48/h1-31H. The minimum atomic E-state index is 0.643. The summed E-state index contributed by atoms with van der Waals surface area (Å²) in [6.07, 6.45) is 0. The lowest BCUT2D eigenvalue weighted by Gasteiger charge is -2.10. The van der Waals surface area contributed by atoms with Crippen LogP contribution in [0.1, 0.15) is 0 Å². The Morgan fingerprint density at radius 1 is 0.321 bits per heavy atom. The highest BCUT2D eigenvalue weighted by atomic mass is 32.1. The molecule has 4 nitrogen and oxygen atoms in total. The monoisotopic (exact) mass is 733 g/mol. The first-order chi connectivity index (χ1) is 27.7. The lowest BCUT2D eigenvalue weighted by atomic mass is 9.95. The van der Waals surface area contributed by atoms with E-state index in [1.54, 1.807) is 11.3 Å². The summed E-state index contributed by atoms with van der Waals surface area (Å²) in [6.45, 7) is 0. The Kier molecular flexibility index (Phi) is 7.64. The summed E-state index contributed by atoms with van der Waals surface area (Å²) in [4.78, 5) is 15.1. The number of fused-ring (bicyclic) bond motifs is 6. The molecule has 3 aromatic heterocycles. The lowest BCUT2D eigenvalue weighted by molar-refractivity contribution is 0.670. The largest absolute Gasteiger partial charge is 0.455 e. The molecule has 0 amide bonds. The highest BCUT2D eigenvalue weighted by Gasteiger charge is 2.18.